The van der Waals surface area contributed by atoms with Crippen molar-refractivity contribution in [1.82, 2.24) is 4.90 Å². The molecule has 0 aliphatic heterocycles. The molecule has 0 unspecified atom stereocenters. The smallest absolute Gasteiger partial charge is 0.321 e. The molecule has 0 aromatic heterocycles. The van der Waals surface area contributed by atoms with Gasteiger partial charge in [0.2, 0.25) is 0 Å². The van der Waals surface area contributed by atoms with Crippen LogP contribution in [0.5, 0.6) is 0 Å². The van der Waals surface area contributed by atoms with Crippen LogP contribution in [0, 0.1) is 5.82 Å². The molecule has 0 atom stereocenters. The van der Waals surface area contributed by atoms with Crippen LogP contribution in [0.3, 0.4) is 0 Å². The van der Waals surface area contributed by atoms with Crippen molar-refractivity contribution < 1.29 is 9.18 Å². The Morgan fingerprint density at radius 2 is 1.78 bits per heavy atom. The molecule has 0 spiro atoms. The second-order valence-corrected chi connectivity index (χ2v) is 5.48. The van der Waals surface area contributed by atoms with Crippen molar-refractivity contribution in [3.63, 3.8) is 0 Å². The van der Waals surface area contributed by atoms with Crippen molar-refractivity contribution in [2.75, 3.05) is 12.4 Å². The third-order valence-corrected chi connectivity index (χ3v) is 3.66. The number of nitrogens with one attached hydrogen (secondary N) is 1. The molecule has 3 rings (SSSR count). The summed E-state index contributed by atoms with van der Waals surface area (Å²) in [6, 6.07) is 19.8. The highest BCUT2D eigenvalue weighted by Crippen LogP contribution is 2.19. The molecule has 3 aromatic carbocycles. The average Bonchev–Trinajstić information content (AvgIpc) is 2.54. The minimum absolute atomic E-state index is 0.232. The number of hydrogen-bond donors (Lipinski definition) is 1. The molecule has 0 aliphatic rings. The Labute approximate surface area is 134 Å². The summed E-state index contributed by atoms with van der Waals surface area (Å²) in [6.45, 7) is 0.344. The molecule has 0 heterocycles. The van der Waals surface area contributed by atoms with E-state index in [2.05, 4.69) is 5.32 Å². The maximum absolute atomic E-state index is 13.2. The Morgan fingerprint density at radius 1 is 1.00 bits per heavy atom. The fourth-order valence-electron chi connectivity index (χ4n) is 2.47. The third-order valence-electron chi connectivity index (χ3n) is 3.66. The van der Waals surface area contributed by atoms with Crippen LogP contribution in [0.2, 0.25) is 0 Å². The first-order valence-corrected chi connectivity index (χ1v) is 7.37. The summed E-state index contributed by atoms with van der Waals surface area (Å²) in [7, 11) is 1.68. The Kier molecular flexibility index (Phi) is 4.24. The molecular formula is C19H17FN2O. The van der Waals surface area contributed by atoms with E-state index in [4.69, 9.17) is 0 Å². The lowest BCUT2D eigenvalue weighted by molar-refractivity contribution is 0.220. The summed E-state index contributed by atoms with van der Waals surface area (Å²) in [5.41, 5.74) is 1.49. The summed E-state index contributed by atoms with van der Waals surface area (Å²) in [4.78, 5) is 13.8. The maximum Gasteiger partial charge on any atom is 0.321 e. The number of urea groups is 1. The van der Waals surface area contributed by atoms with Gasteiger partial charge in [0.25, 0.3) is 0 Å². The summed E-state index contributed by atoms with van der Waals surface area (Å²) in [5, 5.41) is 5.05. The van der Waals surface area contributed by atoms with Crippen molar-refractivity contribution in [2.24, 2.45) is 0 Å². The van der Waals surface area contributed by atoms with Crippen LogP contribution in [0.4, 0.5) is 14.9 Å². The first-order valence-electron chi connectivity index (χ1n) is 7.37. The molecule has 0 saturated heterocycles. The van der Waals surface area contributed by atoms with Gasteiger partial charge < -0.3 is 10.2 Å². The van der Waals surface area contributed by atoms with Gasteiger partial charge in [-0.05, 0) is 40.6 Å². The molecule has 0 radical (unpaired) electrons. The van der Waals surface area contributed by atoms with E-state index < -0.39 is 0 Å². The van der Waals surface area contributed by atoms with Crippen molar-refractivity contribution >= 4 is 22.5 Å². The van der Waals surface area contributed by atoms with Gasteiger partial charge in [-0.25, -0.2) is 9.18 Å². The number of benzene rings is 3. The zero-order valence-corrected chi connectivity index (χ0v) is 12.8. The zero-order valence-electron chi connectivity index (χ0n) is 12.8. The highest BCUT2D eigenvalue weighted by atomic mass is 19.1. The van der Waals surface area contributed by atoms with Crippen molar-refractivity contribution in [3.8, 4) is 0 Å². The fraction of sp³-hybridized carbons (Fsp3) is 0.105. The number of hydrogen-bond acceptors (Lipinski definition) is 1. The fourth-order valence-corrected chi connectivity index (χ4v) is 2.47. The van der Waals surface area contributed by atoms with Gasteiger partial charge in [0.15, 0.2) is 0 Å². The van der Waals surface area contributed by atoms with Gasteiger partial charge >= 0.3 is 6.03 Å². The van der Waals surface area contributed by atoms with Gasteiger partial charge in [0, 0.05) is 19.3 Å². The van der Waals surface area contributed by atoms with E-state index >= 15 is 0 Å². The molecule has 1 N–H and O–H groups in total. The largest absolute Gasteiger partial charge is 0.323 e. The number of halogens is 1. The van der Waals surface area contributed by atoms with Crippen LogP contribution in [-0.4, -0.2) is 18.0 Å². The van der Waals surface area contributed by atoms with Gasteiger partial charge in [-0.15, -0.1) is 0 Å². The predicted molar refractivity (Wildman–Crippen MR) is 90.8 cm³/mol. The first kappa shape index (κ1) is 15.0. The number of nitrogens with zero attached hydrogens (tertiary/aromatic N) is 1. The Hall–Kier alpha value is -2.88. The summed E-state index contributed by atoms with van der Waals surface area (Å²) in [6.07, 6.45) is 0. The van der Waals surface area contributed by atoms with Gasteiger partial charge in [-0.1, -0.05) is 42.5 Å². The highest BCUT2D eigenvalue weighted by molar-refractivity contribution is 5.93. The number of anilines is 1. The molecule has 116 valence electrons. The van der Waals surface area contributed by atoms with E-state index in [9.17, 15) is 9.18 Å². The quantitative estimate of drug-likeness (QED) is 0.751. The second kappa shape index (κ2) is 6.48. The van der Waals surface area contributed by atoms with Gasteiger partial charge in [-0.2, -0.15) is 0 Å². The van der Waals surface area contributed by atoms with Crippen molar-refractivity contribution in [2.45, 2.75) is 6.54 Å². The van der Waals surface area contributed by atoms with Crippen LogP contribution in [0.25, 0.3) is 10.8 Å². The molecule has 3 nitrogen and oxygen atoms in total. The first-order chi connectivity index (χ1) is 11.1. The minimum Gasteiger partial charge on any atom is -0.323 e. The lowest BCUT2D eigenvalue weighted by Crippen LogP contribution is -2.30. The van der Waals surface area contributed by atoms with E-state index in [1.54, 1.807) is 19.2 Å². The van der Waals surface area contributed by atoms with Crippen LogP contribution >= 0.6 is 0 Å². The Balaban J connectivity index is 1.69. The van der Waals surface area contributed by atoms with E-state index in [1.807, 2.05) is 42.5 Å². The molecule has 0 bridgehead atoms. The van der Waals surface area contributed by atoms with Gasteiger partial charge in [-0.3, -0.25) is 0 Å². The minimum atomic E-state index is -0.300. The zero-order chi connectivity index (χ0) is 16.2. The van der Waals surface area contributed by atoms with Crippen LogP contribution in [-0.2, 0) is 6.54 Å². The van der Waals surface area contributed by atoms with Crippen molar-refractivity contribution in [1.29, 1.82) is 0 Å². The molecule has 3 aromatic rings. The summed E-state index contributed by atoms with van der Waals surface area (Å²) in [5.74, 6) is -0.300. The van der Waals surface area contributed by atoms with E-state index in [1.165, 1.54) is 17.0 Å². The average molecular weight is 308 g/mol. The van der Waals surface area contributed by atoms with Crippen molar-refractivity contribution in [3.05, 3.63) is 78.1 Å². The maximum atomic E-state index is 13.2. The SMILES string of the molecule is CN(Cc1cccc(F)c1)C(=O)Nc1ccc2ccccc2c1. The molecule has 23 heavy (non-hydrogen) atoms. The summed E-state index contributed by atoms with van der Waals surface area (Å²) < 4.78 is 13.2. The van der Waals surface area contributed by atoms with E-state index in [0.29, 0.717) is 6.54 Å². The lowest BCUT2D eigenvalue weighted by atomic mass is 10.1. The Morgan fingerprint density at radius 3 is 2.57 bits per heavy atom. The number of carbonyl (C=O) groups excluding carboxylic acids is 1. The predicted octanol–water partition coefficient (Wildman–Crippen LogP) is 4.64. The highest BCUT2D eigenvalue weighted by Gasteiger charge is 2.10. The van der Waals surface area contributed by atoms with Crippen LogP contribution < -0.4 is 5.32 Å². The van der Waals surface area contributed by atoms with E-state index in [0.717, 1.165) is 22.0 Å². The van der Waals surface area contributed by atoms with E-state index in [-0.39, 0.29) is 11.8 Å². The number of carbonyl (C=O) groups is 1. The monoisotopic (exact) mass is 308 g/mol. The number of fused-ring (bicyclic) bond motifs is 1. The standard InChI is InChI=1S/C19H17FN2O/c1-22(13-14-5-4-8-17(20)11-14)19(23)21-18-10-9-15-6-2-3-7-16(15)12-18/h2-12H,13H2,1H3,(H,21,23). The van der Waals surface area contributed by atoms with Gasteiger partial charge in [0.05, 0.1) is 0 Å². The molecule has 4 heteroatoms. The molecular weight excluding hydrogens is 291 g/mol. The van der Waals surface area contributed by atoms with Crippen LogP contribution in [0.1, 0.15) is 5.56 Å². The number of rotatable bonds is 3. The normalized spacial score (nSPS) is 10.5. The molecule has 0 aliphatic carbocycles. The third kappa shape index (κ3) is 3.66. The molecule has 0 saturated carbocycles. The molecule has 2 amide bonds. The van der Waals surface area contributed by atoms with Gasteiger partial charge in [0.1, 0.15) is 5.82 Å². The topological polar surface area (TPSA) is 32.3 Å². The van der Waals surface area contributed by atoms with Crippen LogP contribution in [0.15, 0.2) is 66.7 Å². The second-order valence-electron chi connectivity index (χ2n) is 5.48. The number of amides is 2. The molecule has 0 fully saturated rings. The lowest BCUT2D eigenvalue weighted by Gasteiger charge is -2.18. The summed E-state index contributed by atoms with van der Waals surface area (Å²) >= 11 is 0. The Bertz CT molecular complexity index is 847.